The number of anilines is 3. The number of nitrogens with one attached hydrogen (secondary N) is 2. The second kappa shape index (κ2) is 10.7. The Morgan fingerprint density at radius 1 is 1.05 bits per heavy atom. The third-order valence-corrected chi connectivity index (χ3v) is 9.88. The highest BCUT2D eigenvalue weighted by molar-refractivity contribution is 7.89. The van der Waals surface area contributed by atoms with Crippen LogP contribution in [0.3, 0.4) is 0 Å². The monoisotopic (exact) mass is 568 g/mol. The summed E-state index contributed by atoms with van der Waals surface area (Å²) in [5.41, 5.74) is 3.75. The molecule has 3 fully saturated rings. The van der Waals surface area contributed by atoms with Crippen molar-refractivity contribution in [3.8, 4) is 0 Å². The minimum Gasteiger partial charge on any atom is -0.462 e. The molecule has 0 unspecified atom stereocenters. The van der Waals surface area contributed by atoms with Crippen LogP contribution < -0.4 is 19.8 Å². The van der Waals surface area contributed by atoms with E-state index in [0.717, 1.165) is 49.1 Å². The van der Waals surface area contributed by atoms with Gasteiger partial charge in [-0.15, -0.1) is 0 Å². The predicted octanol–water partition coefficient (Wildman–Crippen LogP) is 3.56. The van der Waals surface area contributed by atoms with Gasteiger partial charge in [0, 0.05) is 43.8 Å². The molecule has 2 aromatic carbocycles. The van der Waals surface area contributed by atoms with Gasteiger partial charge in [-0.05, 0) is 74.4 Å². The summed E-state index contributed by atoms with van der Waals surface area (Å²) in [6.07, 6.45) is 6.29. The quantitative estimate of drug-likeness (QED) is 0.377. The molecule has 3 heterocycles. The molecule has 1 aliphatic carbocycles. The fourth-order valence-corrected chi connectivity index (χ4v) is 6.94. The third kappa shape index (κ3) is 5.43. The molecule has 6 rings (SSSR count). The maximum Gasteiger partial charge on any atom is 0.257 e. The van der Waals surface area contributed by atoms with Gasteiger partial charge in [0.1, 0.15) is 0 Å². The van der Waals surface area contributed by atoms with Crippen LogP contribution >= 0.6 is 0 Å². The number of benzene rings is 2. The maximum absolute atomic E-state index is 13.8. The molecule has 2 saturated heterocycles. The third-order valence-electron chi connectivity index (χ3n) is 8.42. The van der Waals surface area contributed by atoms with Crippen molar-refractivity contribution in [2.45, 2.75) is 43.6 Å². The van der Waals surface area contributed by atoms with Crippen LogP contribution in [-0.4, -0.2) is 71.5 Å². The zero-order valence-corrected chi connectivity index (χ0v) is 23.5. The van der Waals surface area contributed by atoms with Crippen molar-refractivity contribution in [2.75, 3.05) is 61.1 Å². The lowest BCUT2D eigenvalue weighted by Gasteiger charge is -2.35. The van der Waals surface area contributed by atoms with Crippen LogP contribution in [-0.2, 0) is 14.8 Å². The summed E-state index contributed by atoms with van der Waals surface area (Å²) < 4.78 is 39.6. The van der Waals surface area contributed by atoms with E-state index < -0.39 is 10.0 Å². The SMILES string of the molecule is C[C@H]1CN(c2cc(NC(=O)c3ccc(S(=O)(=O)NCCO)cc3N3CCC4(CC3)CC4)cc3ccoc23)CCO1. The molecule has 2 aliphatic heterocycles. The van der Waals surface area contributed by atoms with Crippen LogP contribution in [0, 0.1) is 5.41 Å². The second-order valence-corrected chi connectivity index (χ2v) is 13.0. The fraction of sp³-hybridized carbons (Fsp3) is 0.483. The van der Waals surface area contributed by atoms with Crippen LogP contribution in [0.25, 0.3) is 11.0 Å². The Labute approximate surface area is 234 Å². The molecule has 10 nitrogen and oxygen atoms in total. The maximum atomic E-state index is 13.8. The summed E-state index contributed by atoms with van der Waals surface area (Å²) in [6, 6.07) is 10.3. The number of amides is 1. The van der Waals surface area contributed by atoms with Gasteiger partial charge in [-0.3, -0.25) is 4.79 Å². The van der Waals surface area contributed by atoms with Crippen LogP contribution in [0.4, 0.5) is 17.1 Å². The lowest BCUT2D eigenvalue weighted by Crippen LogP contribution is -2.41. The van der Waals surface area contributed by atoms with E-state index in [4.69, 9.17) is 14.3 Å². The molecular weight excluding hydrogens is 532 g/mol. The topological polar surface area (TPSA) is 124 Å². The Morgan fingerprint density at radius 2 is 1.85 bits per heavy atom. The van der Waals surface area contributed by atoms with Crippen molar-refractivity contribution in [3.63, 3.8) is 0 Å². The molecule has 0 bridgehead atoms. The van der Waals surface area contributed by atoms with Gasteiger partial charge < -0.3 is 29.4 Å². The number of aliphatic hydroxyl groups excluding tert-OH is 1. The average Bonchev–Trinajstić information content (AvgIpc) is 3.53. The normalized spacial score (nSPS) is 20.7. The van der Waals surface area contributed by atoms with Crippen LogP contribution in [0.1, 0.15) is 43.0 Å². The van der Waals surface area contributed by atoms with Crippen molar-refractivity contribution >= 4 is 44.0 Å². The molecule has 3 N–H and O–H groups in total. The van der Waals surface area contributed by atoms with Crippen LogP contribution in [0.15, 0.2) is 52.0 Å². The Balaban J connectivity index is 1.32. The van der Waals surface area contributed by atoms with Crippen molar-refractivity contribution in [3.05, 3.63) is 48.2 Å². The first-order valence-electron chi connectivity index (χ1n) is 14.0. The van der Waals surface area contributed by atoms with E-state index in [1.165, 1.54) is 18.9 Å². The van der Waals surface area contributed by atoms with Gasteiger partial charge in [-0.1, -0.05) is 0 Å². The highest BCUT2D eigenvalue weighted by Crippen LogP contribution is 2.54. The molecular formula is C29H36N4O6S. The zero-order valence-electron chi connectivity index (χ0n) is 22.7. The number of rotatable bonds is 8. The predicted molar refractivity (Wildman–Crippen MR) is 154 cm³/mol. The van der Waals surface area contributed by atoms with Gasteiger partial charge in [0.05, 0.1) is 47.4 Å². The van der Waals surface area contributed by atoms with Gasteiger partial charge in [-0.2, -0.15) is 0 Å². The summed E-state index contributed by atoms with van der Waals surface area (Å²) in [5.74, 6) is -0.307. The molecule has 40 heavy (non-hydrogen) atoms. The molecule has 1 atom stereocenters. The number of furan rings is 1. The summed E-state index contributed by atoms with van der Waals surface area (Å²) >= 11 is 0. The molecule has 1 spiro atoms. The smallest absolute Gasteiger partial charge is 0.257 e. The summed E-state index contributed by atoms with van der Waals surface area (Å²) in [4.78, 5) is 18.2. The average molecular weight is 569 g/mol. The fourth-order valence-electron chi connectivity index (χ4n) is 5.90. The number of hydrogen-bond acceptors (Lipinski definition) is 8. The van der Waals surface area contributed by atoms with E-state index in [9.17, 15) is 13.2 Å². The highest BCUT2D eigenvalue weighted by Gasteiger charge is 2.44. The molecule has 1 saturated carbocycles. The minimum absolute atomic E-state index is 0.0720. The first kappa shape index (κ1) is 27.1. The van der Waals surface area contributed by atoms with E-state index in [0.29, 0.717) is 35.5 Å². The molecule has 3 aliphatic rings. The molecule has 0 radical (unpaired) electrons. The van der Waals surface area contributed by atoms with Gasteiger partial charge in [0.2, 0.25) is 10.0 Å². The summed E-state index contributed by atoms with van der Waals surface area (Å²) in [6.45, 7) is 5.26. The number of piperidine rings is 1. The van der Waals surface area contributed by atoms with Gasteiger partial charge in [-0.25, -0.2) is 13.1 Å². The van der Waals surface area contributed by atoms with Crippen molar-refractivity contribution in [1.82, 2.24) is 4.72 Å². The van der Waals surface area contributed by atoms with Crippen LogP contribution in [0.5, 0.6) is 0 Å². The molecule has 214 valence electrons. The van der Waals surface area contributed by atoms with E-state index in [2.05, 4.69) is 19.8 Å². The Hall–Kier alpha value is -3.12. The lowest BCUT2D eigenvalue weighted by atomic mass is 9.93. The first-order valence-corrected chi connectivity index (χ1v) is 15.4. The van der Waals surface area contributed by atoms with Gasteiger partial charge in [0.25, 0.3) is 5.91 Å². The Kier molecular flexibility index (Phi) is 7.24. The van der Waals surface area contributed by atoms with Crippen molar-refractivity contribution in [1.29, 1.82) is 0 Å². The van der Waals surface area contributed by atoms with Crippen molar-refractivity contribution in [2.24, 2.45) is 5.41 Å². The largest absolute Gasteiger partial charge is 0.462 e. The second-order valence-electron chi connectivity index (χ2n) is 11.2. The molecule has 3 aromatic rings. The number of carbonyl (C=O) groups is 1. The van der Waals surface area contributed by atoms with Gasteiger partial charge in [0.15, 0.2) is 5.58 Å². The van der Waals surface area contributed by atoms with E-state index >= 15 is 0 Å². The first-order chi connectivity index (χ1) is 19.3. The van der Waals surface area contributed by atoms with Crippen molar-refractivity contribution < 1.29 is 27.5 Å². The van der Waals surface area contributed by atoms with E-state index in [1.807, 2.05) is 25.1 Å². The minimum atomic E-state index is -3.83. The number of aliphatic hydroxyl groups is 1. The summed E-state index contributed by atoms with van der Waals surface area (Å²) in [7, 11) is -3.83. The standard InChI is InChI=1S/C29H36N4O6S/c1-20-19-33(12-15-38-20)26-17-22(16-21-4-14-39-27(21)26)31-28(35)24-3-2-23(40(36,37)30-9-13-34)18-25(24)32-10-7-29(5-6-29)8-11-32/h2-4,14,16-18,20,30,34H,5-13,15,19H2,1H3,(H,31,35)/t20-/m0/s1. The number of carbonyl (C=O) groups excluding carboxylic acids is 1. The number of nitrogens with zero attached hydrogens (tertiary/aromatic N) is 2. The van der Waals surface area contributed by atoms with E-state index in [-0.39, 0.29) is 30.1 Å². The number of morpholine rings is 1. The number of fused-ring (bicyclic) bond motifs is 1. The zero-order chi connectivity index (χ0) is 27.9. The summed E-state index contributed by atoms with van der Waals surface area (Å²) in [5, 5.41) is 13.1. The van der Waals surface area contributed by atoms with Gasteiger partial charge >= 0.3 is 0 Å². The number of hydrogen-bond donors (Lipinski definition) is 3. The molecule has 11 heteroatoms. The van der Waals surface area contributed by atoms with E-state index in [1.54, 1.807) is 18.4 Å². The Bertz CT molecular complexity index is 1510. The Morgan fingerprint density at radius 3 is 2.58 bits per heavy atom. The molecule has 1 aromatic heterocycles. The lowest BCUT2D eigenvalue weighted by molar-refractivity contribution is 0.0532. The van der Waals surface area contributed by atoms with Crippen LogP contribution in [0.2, 0.25) is 0 Å². The number of ether oxygens (including phenoxy) is 1. The highest BCUT2D eigenvalue weighted by atomic mass is 32.2. The number of sulfonamides is 1. The molecule has 1 amide bonds.